The van der Waals surface area contributed by atoms with Crippen LogP contribution in [-0.2, 0) is 7.05 Å². The highest BCUT2D eigenvalue weighted by atomic mass is 19.1. The van der Waals surface area contributed by atoms with Crippen LogP contribution in [0.1, 0.15) is 11.1 Å². The third kappa shape index (κ3) is 2.36. The molecule has 2 rings (SSSR count). The minimum atomic E-state index is -0.197. The first kappa shape index (κ1) is 13.3. The maximum Gasteiger partial charge on any atom is 0.140 e. The molecule has 0 aliphatic carbocycles. The van der Waals surface area contributed by atoms with Crippen LogP contribution in [0.2, 0.25) is 0 Å². The molecule has 19 heavy (non-hydrogen) atoms. The Morgan fingerprint density at radius 3 is 2.63 bits per heavy atom. The van der Waals surface area contributed by atoms with Crippen molar-refractivity contribution in [2.24, 2.45) is 12.0 Å². The molecule has 98 valence electrons. The summed E-state index contributed by atoms with van der Waals surface area (Å²) in [6, 6.07) is 7.37. The summed E-state index contributed by atoms with van der Waals surface area (Å²) in [5.74, 6) is -0.197. The van der Waals surface area contributed by atoms with Crippen molar-refractivity contribution in [2.45, 2.75) is 13.8 Å². The van der Waals surface area contributed by atoms with Crippen molar-refractivity contribution in [1.82, 2.24) is 4.57 Å². The molecule has 0 N–H and O–H groups in total. The van der Waals surface area contributed by atoms with Crippen molar-refractivity contribution in [3.8, 4) is 11.1 Å². The van der Waals surface area contributed by atoms with Crippen LogP contribution in [0.25, 0.3) is 11.1 Å². The molecule has 0 unspecified atom stereocenters. The van der Waals surface area contributed by atoms with Crippen LogP contribution < -0.4 is 5.49 Å². The smallest absolute Gasteiger partial charge is 0.140 e. The van der Waals surface area contributed by atoms with Crippen LogP contribution >= 0.6 is 0 Å². The van der Waals surface area contributed by atoms with Gasteiger partial charge in [-0.1, -0.05) is 24.8 Å². The Labute approximate surface area is 112 Å². The average molecular weight is 256 g/mol. The Morgan fingerprint density at radius 2 is 1.95 bits per heavy atom. The molecular weight excluding hydrogens is 239 g/mol. The SMILES string of the molecule is C=C/N=c1/c(-c2cccc(C)c2F)c(C)ccn1C. The van der Waals surface area contributed by atoms with E-state index in [0.717, 1.165) is 11.1 Å². The first-order valence-electron chi connectivity index (χ1n) is 6.12. The fourth-order valence-electron chi connectivity index (χ4n) is 2.15. The van der Waals surface area contributed by atoms with Gasteiger partial charge in [-0.25, -0.2) is 9.38 Å². The summed E-state index contributed by atoms with van der Waals surface area (Å²) in [6.07, 6.45) is 3.39. The third-order valence-corrected chi connectivity index (χ3v) is 3.17. The molecule has 0 radical (unpaired) electrons. The maximum absolute atomic E-state index is 14.3. The quantitative estimate of drug-likeness (QED) is 0.782. The zero-order valence-electron chi connectivity index (χ0n) is 11.4. The molecule has 0 aliphatic rings. The molecule has 0 spiro atoms. The van der Waals surface area contributed by atoms with Crippen LogP contribution in [0.5, 0.6) is 0 Å². The summed E-state index contributed by atoms with van der Waals surface area (Å²) in [7, 11) is 1.89. The largest absolute Gasteiger partial charge is 0.336 e. The second kappa shape index (κ2) is 5.22. The van der Waals surface area contributed by atoms with Gasteiger partial charge in [-0.15, -0.1) is 0 Å². The first-order chi connectivity index (χ1) is 9.06. The van der Waals surface area contributed by atoms with Gasteiger partial charge in [0.2, 0.25) is 0 Å². The summed E-state index contributed by atoms with van der Waals surface area (Å²) in [6.45, 7) is 7.35. The van der Waals surface area contributed by atoms with E-state index in [1.165, 1.54) is 6.20 Å². The van der Waals surface area contributed by atoms with Gasteiger partial charge in [0, 0.05) is 30.6 Å². The van der Waals surface area contributed by atoms with E-state index in [9.17, 15) is 4.39 Å². The zero-order chi connectivity index (χ0) is 14.0. The van der Waals surface area contributed by atoms with Gasteiger partial charge in [-0.3, -0.25) is 0 Å². The molecule has 2 nitrogen and oxygen atoms in total. The van der Waals surface area contributed by atoms with Gasteiger partial charge in [0.1, 0.15) is 11.3 Å². The van der Waals surface area contributed by atoms with Crippen LogP contribution in [0.15, 0.2) is 48.2 Å². The van der Waals surface area contributed by atoms with Gasteiger partial charge in [0.15, 0.2) is 0 Å². The van der Waals surface area contributed by atoms with E-state index in [4.69, 9.17) is 0 Å². The number of benzene rings is 1. The fourth-order valence-corrected chi connectivity index (χ4v) is 2.15. The normalized spacial score (nSPS) is 11.7. The van der Waals surface area contributed by atoms with Gasteiger partial charge >= 0.3 is 0 Å². The lowest BCUT2D eigenvalue weighted by Crippen LogP contribution is -2.21. The number of halogens is 1. The van der Waals surface area contributed by atoms with Crippen LogP contribution in [0.3, 0.4) is 0 Å². The van der Waals surface area contributed by atoms with Crippen LogP contribution in [0, 0.1) is 19.7 Å². The lowest BCUT2D eigenvalue weighted by atomic mass is 10.00. The van der Waals surface area contributed by atoms with E-state index in [-0.39, 0.29) is 5.82 Å². The number of nitrogens with zero attached hydrogens (tertiary/aromatic N) is 2. The topological polar surface area (TPSA) is 17.3 Å². The molecule has 1 aromatic carbocycles. The van der Waals surface area contributed by atoms with Crippen molar-refractivity contribution in [1.29, 1.82) is 0 Å². The van der Waals surface area contributed by atoms with Gasteiger partial charge < -0.3 is 4.57 Å². The summed E-state index contributed by atoms with van der Waals surface area (Å²) < 4.78 is 16.2. The average Bonchev–Trinajstić information content (AvgIpc) is 2.39. The molecule has 0 bridgehead atoms. The summed E-state index contributed by atoms with van der Waals surface area (Å²) in [5.41, 5.74) is 3.72. The number of rotatable bonds is 2. The second-order valence-corrected chi connectivity index (χ2v) is 4.56. The summed E-state index contributed by atoms with van der Waals surface area (Å²) >= 11 is 0. The molecule has 0 atom stereocenters. The lowest BCUT2D eigenvalue weighted by molar-refractivity contribution is 0.621. The minimum Gasteiger partial charge on any atom is -0.336 e. The number of pyridine rings is 1. The van der Waals surface area contributed by atoms with Crippen molar-refractivity contribution < 1.29 is 4.39 Å². The Balaban J connectivity index is 2.90. The highest BCUT2D eigenvalue weighted by molar-refractivity contribution is 5.67. The predicted molar refractivity (Wildman–Crippen MR) is 76.0 cm³/mol. The Bertz CT molecular complexity index is 696. The predicted octanol–water partition coefficient (Wildman–Crippen LogP) is 3.49. The van der Waals surface area contributed by atoms with E-state index in [1.54, 1.807) is 19.1 Å². The van der Waals surface area contributed by atoms with E-state index in [2.05, 4.69) is 11.6 Å². The summed E-state index contributed by atoms with van der Waals surface area (Å²) in [5, 5.41) is 0. The molecule has 1 aromatic heterocycles. The highest BCUT2D eigenvalue weighted by Crippen LogP contribution is 2.24. The molecule has 0 saturated heterocycles. The second-order valence-electron chi connectivity index (χ2n) is 4.56. The van der Waals surface area contributed by atoms with E-state index in [1.807, 2.05) is 36.9 Å². The van der Waals surface area contributed by atoms with E-state index < -0.39 is 0 Å². The van der Waals surface area contributed by atoms with Crippen LogP contribution in [0.4, 0.5) is 4.39 Å². The minimum absolute atomic E-state index is 0.197. The monoisotopic (exact) mass is 256 g/mol. The van der Waals surface area contributed by atoms with Gasteiger partial charge in [-0.2, -0.15) is 0 Å². The van der Waals surface area contributed by atoms with Crippen LogP contribution in [-0.4, -0.2) is 4.57 Å². The van der Waals surface area contributed by atoms with Gasteiger partial charge in [0.05, 0.1) is 0 Å². The molecule has 2 aromatic rings. The molecule has 0 saturated carbocycles. The standard InChI is InChI=1S/C16H17FN2/c1-5-18-16-14(11(2)9-10-19(16)4)13-8-6-7-12(3)15(13)17/h5-10H,1H2,2-4H3/b18-16-. The molecule has 0 amide bonds. The fraction of sp³-hybridized carbons (Fsp3) is 0.188. The number of aromatic nitrogens is 1. The third-order valence-electron chi connectivity index (χ3n) is 3.17. The number of aryl methyl sites for hydroxylation is 3. The first-order valence-corrected chi connectivity index (χ1v) is 6.12. The van der Waals surface area contributed by atoms with Crippen molar-refractivity contribution >= 4 is 0 Å². The van der Waals surface area contributed by atoms with Gasteiger partial charge in [-0.05, 0) is 31.0 Å². The van der Waals surface area contributed by atoms with E-state index >= 15 is 0 Å². The zero-order valence-corrected chi connectivity index (χ0v) is 11.4. The number of hydrogen-bond acceptors (Lipinski definition) is 1. The molecular formula is C16H17FN2. The number of hydrogen-bond donors (Lipinski definition) is 0. The van der Waals surface area contributed by atoms with Crippen molar-refractivity contribution in [2.75, 3.05) is 0 Å². The molecule has 1 heterocycles. The van der Waals surface area contributed by atoms with Crippen molar-refractivity contribution in [3.05, 3.63) is 65.7 Å². The molecule has 3 heteroatoms. The Hall–Kier alpha value is -2.16. The Morgan fingerprint density at radius 1 is 1.21 bits per heavy atom. The van der Waals surface area contributed by atoms with Gasteiger partial charge in [0.25, 0.3) is 0 Å². The Kier molecular flexibility index (Phi) is 3.65. The molecule has 0 aliphatic heterocycles. The molecule has 0 fully saturated rings. The highest BCUT2D eigenvalue weighted by Gasteiger charge is 2.12. The maximum atomic E-state index is 14.3. The van der Waals surface area contributed by atoms with E-state index in [0.29, 0.717) is 16.6 Å². The summed E-state index contributed by atoms with van der Waals surface area (Å²) in [4.78, 5) is 4.27. The van der Waals surface area contributed by atoms with Crippen molar-refractivity contribution in [3.63, 3.8) is 0 Å². The lowest BCUT2D eigenvalue weighted by Gasteiger charge is -2.12.